The Hall–Kier alpha value is -2.38. The van der Waals surface area contributed by atoms with Crippen molar-refractivity contribution in [3.05, 3.63) is 75.9 Å². The molecule has 30 heavy (non-hydrogen) atoms. The molecule has 8 heteroatoms. The van der Waals surface area contributed by atoms with Gasteiger partial charge in [-0.2, -0.15) is 0 Å². The predicted octanol–water partition coefficient (Wildman–Crippen LogP) is 4.50. The quantitative estimate of drug-likeness (QED) is 0.703. The van der Waals surface area contributed by atoms with Crippen molar-refractivity contribution >= 4 is 33.0 Å². The normalized spacial score (nSPS) is 18.0. The Morgan fingerprint density at radius 2 is 1.97 bits per heavy atom. The van der Waals surface area contributed by atoms with Crippen LogP contribution in [0.15, 0.2) is 53.9 Å². The van der Waals surface area contributed by atoms with Gasteiger partial charge in [0.15, 0.2) is 9.84 Å². The summed E-state index contributed by atoms with van der Waals surface area (Å²) in [6.07, 6.45) is 4.24. The van der Waals surface area contributed by atoms with Gasteiger partial charge in [0.05, 0.1) is 6.04 Å². The molecule has 1 heterocycles. The highest BCUT2D eigenvalue weighted by atomic mass is 35.5. The molecule has 3 rings (SSSR count). The third-order valence-electron chi connectivity index (χ3n) is 5.02. The van der Waals surface area contributed by atoms with E-state index in [-0.39, 0.29) is 17.8 Å². The van der Waals surface area contributed by atoms with E-state index in [4.69, 9.17) is 11.6 Å². The molecule has 1 saturated heterocycles. The first-order chi connectivity index (χ1) is 14.2. The molecule has 0 unspecified atom stereocenters. The SMILES string of the molecule is C[C@H](/C=C/S(C)(=O)=O)NC(=O)c1ccc(N2CCC[C@H]2c2c(F)cccc2Cl)cc1. The Morgan fingerprint density at radius 3 is 2.60 bits per heavy atom. The zero-order valence-corrected chi connectivity index (χ0v) is 18.4. The zero-order chi connectivity index (χ0) is 21.9. The number of halogens is 2. The summed E-state index contributed by atoms with van der Waals surface area (Å²) in [5, 5.41) is 4.22. The van der Waals surface area contributed by atoms with Crippen LogP contribution in [-0.4, -0.2) is 33.2 Å². The maximum Gasteiger partial charge on any atom is 0.251 e. The van der Waals surface area contributed by atoms with E-state index in [2.05, 4.69) is 10.2 Å². The van der Waals surface area contributed by atoms with Crippen LogP contribution in [0.25, 0.3) is 0 Å². The van der Waals surface area contributed by atoms with Gasteiger partial charge in [-0.25, -0.2) is 12.8 Å². The van der Waals surface area contributed by atoms with E-state index >= 15 is 0 Å². The number of nitrogens with one attached hydrogen (secondary N) is 1. The van der Waals surface area contributed by atoms with E-state index in [1.165, 1.54) is 12.1 Å². The lowest BCUT2D eigenvalue weighted by molar-refractivity contribution is 0.0947. The molecule has 1 aliphatic heterocycles. The monoisotopic (exact) mass is 450 g/mol. The van der Waals surface area contributed by atoms with Crippen LogP contribution >= 0.6 is 11.6 Å². The number of carbonyl (C=O) groups is 1. The molecule has 1 fully saturated rings. The summed E-state index contributed by atoms with van der Waals surface area (Å²) in [6, 6.07) is 11.2. The van der Waals surface area contributed by atoms with Gasteiger partial charge < -0.3 is 10.2 Å². The van der Waals surface area contributed by atoms with Crippen molar-refractivity contribution in [1.82, 2.24) is 5.32 Å². The maximum atomic E-state index is 14.4. The van der Waals surface area contributed by atoms with Gasteiger partial charge in [0.1, 0.15) is 5.82 Å². The second-order valence-corrected chi connectivity index (χ2v) is 9.79. The minimum atomic E-state index is -3.24. The van der Waals surface area contributed by atoms with Crippen LogP contribution in [0.3, 0.4) is 0 Å². The van der Waals surface area contributed by atoms with E-state index in [9.17, 15) is 17.6 Å². The number of carbonyl (C=O) groups excluding carboxylic acids is 1. The van der Waals surface area contributed by atoms with Crippen molar-refractivity contribution in [1.29, 1.82) is 0 Å². The first kappa shape index (κ1) is 22.3. The summed E-state index contributed by atoms with van der Waals surface area (Å²) in [6.45, 7) is 2.47. The summed E-state index contributed by atoms with van der Waals surface area (Å²) in [4.78, 5) is 14.5. The average molecular weight is 451 g/mol. The molecule has 1 N–H and O–H groups in total. The summed E-state index contributed by atoms with van der Waals surface area (Å²) < 4.78 is 36.8. The Balaban J connectivity index is 1.73. The van der Waals surface area contributed by atoms with E-state index in [1.807, 2.05) is 12.1 Å². The molecule has 5 nitrogen and oxygen atoms in total. The molecule has 160 valence electrons. The number of hydrogen-bond acceptors (Lipinski definition) is 4. The lowest BCUT2D eigenvalue weighted by Crippen LogP contribution is -2.31. The van der Waals surface area contributed by atoms with Gasteiger partial charge in [-0.15, -0.1) is 0 Å². The minimum absolute atomic E-state index is 0.153. The van der Waals surface area contributed by atoms with E-state index in [0.29, 0.717) is 16.1 Å². The van der Waals surface area contributed by atoms with Gasteiger partial charge in [-0.1, -0.05) is 23.7 Å². The number of nitrogens with zero attached hydrogens (tertiary/aromatic N) is 1. The highest BCUT2D eigenvalue weighted by Gasteiger charge is 2.30. The van der Waals surface area contributed by atoms with E-state index in [0.717, 1.165) is 36.7 Å². The number of benzene rings is 2. The van der Waals surface area contributed by atoms with Crippen molar-refractivity contribution in [3.63, 3.8) is 0 Å². The smallest absolute Gasteiger partial charge is 0.251 e. The summed E-state index contributed by atoms with van der Waals surface area (Å²) in [5.74, 6) is -0.617. The third-order valence-corrected chi connectivity index (χ3v) is 6.00. The Bertz CT molecular complexity index is 1030. The van der Waals surface area contributed by atoms with Crippen LogP contribution < -0.4 is 10.2 Å². The fourth-order valence-corrected chi connectivity index (χ4v) is 4.42. The first-order valence-electron chi connectivity index (χ1n) is 9.65. The van der Waals surface area contributed by atoms with Crippen LogP contribution in [-0.2, 0) is 9.84 Å². The van der Waals surface area contributed by atoms with Crippen LogP contribution in [0.4, 0.5) is 10.1 Å². The van der Waals surface area contributed by atoms with Gasteiger partial charge in [-0.3, -0.25) is 4.79 Å². The first-order valence-corrected chi connectivity index (χ1v) is 12.0. The standard InChI is InChI=1S/C22H24ClFN2O3S/c1-15(12-14-30(2,28)29)25-22(27)16-8-10-17(11-9-16)26-13-4-7-20(26)21-18(23)5-3-6-19(21)24/h3,5-6,8-12,14-15,20H,4,7,13H2,1-2H3,(H,25,27)/b14-12+/t15-,20+/m1/s1. The molecular weight excluding hydrogens is 427 g/mol. The molecule has 2 atom stereocenters. The lowest BCUT2D eigenvalue weighted by Gasteiger charge is -2.28. The summed E-state index contributed by atoms with van der Waals surface area (Å²) in [5.41, 5.74) is 1.85. The number of anilines is 1. The topological polar surface area (TPSA) is 66.5 Å². The van der Waals surface area contributed by atoms with Crippen LogP contribution in [0.1, 0.15) is 41.7 Å². The van der Waals surface area contributed by atoms with Crippen LogP contribution in [0.2, 0.25) is 5.02 Å². The third kappa shape index (κ3) is 5.40. The second kappa shape index (κ2) is 9.18. The van der Waals surface area contributed by atoms with Crippen LogP contribution in [0, 0.1) is 5.82 Å². The predicted molar refractivity (Wildman–Crippen MR) is 118 cm³/mol. The van der Waals surface area contributed by atoms with Crippen LogP contribution in [0.5, 0.6) is 0 Å². The van der Waals surface area contributed by atoms with E-state index < -0.39 is 15.9 Å². The molecule has 0 aliphatic carbocycles. The fourth-order valence-electron chi connectivity index (χ4n) is 3.61. The molecule has 2 aromatic rings. The average Bonchev–Trinajstić information content (AvgIpc) is 3.15. The molecular formula is C22H24ClFN2O3S. The molecule has 0 spiro atoms. The van der Waals surface area contributed by atoms with Gasteiger partial charge in [0.2, 0.25) is 0 Å². The Labute approximate surface area is 181 Å². The van der Waals surface area contributed by atoms with Crippen molar-refractivity contribution < 1.29 is 17.6 Å². The van der Waals surface area contributed by atoms with Gasteiger partial charge >= 0.3 is 0 Å². The van der Waals surface area contributed by atoms with Gasteiger partial charge in [0, 0.05) is 46.1 Å². The molecule has 1 amide bonds. The van der Waals surface area contributed by atoms with E-state index in [1.54, 1.807) is 31.2 Å². The number of amides is 1. The molecule has 0 saturated carbocycles. The molecule has 1 aliphatic rings. The molecule has 0 aromatic heterocycles. The second-order valence-electron chi connectivity index (χ2n) is 7.45. The Morgan fingerprint density at radius 1 is 1.27 bits per heavy atom. The largest absolute Gasteiger partial charge is 0.364 e. The number of rotatable bonds is 6. The minimum Gasteiger partial charge on any atom is -0.364 e. The van der Waals surface area contributed by atoms with Gasteiger partial charge in [-0.05, 0) is 56.2 Å². The maximum absolute atomic E-state index is 14.4. The molecule has 2 aromatic carbocycles. The number of sulfone groups is 1. The lowest BCUT2D eigenvalue weighted by atomic mass is 10.0. The summed E-state index contributed by atoms with van der Waals surface area (Å²) >= 11 is 6.27. The van der Waals surface area contributed by atoms with Crippen molar-refractivity contribution in [2.24, 2.45) is 0 Å². The molecule has 0 radical (unpaired) electrons. The highest BCUT2D eigenvalue weighted by Crippen LogP contribution is 2.40. The van der Waals surface area contributed by atoms with Crippen molar-refractivity contribution in [2.75, 3.05) is 17.7 Å². The Kier molecular flexibility index (Phi) is 6.83. The molecule has 0 bridgehead atoms. The van der Waals surface area contributed by atoms with Crippen molar-refractivity contribution in [2.45, 2.75) is 31.8 Å². The summed E-state index contributed by atoms with van der Waals surface area (Å²) in [7, 11) is -3.24. The van der Waals surface area contributed by atoms with Gasteiger partial charge in [0.25, 0.3) is 5.91 Å². The van der Waals surface area contributed by atoms with Crippen molar-refractivity contribution in [3.8, 4) is 0 Å². The number of hydrogen-bond donors (Lipinski definition) is 1. The highest BCUT2D eigenvalue weighted by molar-refractivity contribution is 7.93. The fraction of sp³-hybridized carbons (Fsp3) is 0.318. The zero-order valence-electron chi connectivity index (χ0n) is 16.8.